The fourth-order valence-electron chi connectivity index (χ4n) is 1.32. The van der Waals surface area contributed by atoms with Crippen LogP contribution in [0.4, 0.5) is 0 Å². The molecule has 1 N–H and O–H groups in total. The predicted molar refractivity (Wildman–Crippen MR) is 71.8 cm³/mol. The summed E-state index contributed by atoms with van der Waals surface area (Å²) in [5.41, 5.74) is 1.12. The van der Waals surface area contributed by atoms with Gasteiger partial charge in [-0.2, -0.15) is 4.37 Å². The summed E-state index contributed by atoms with van der Waals surface area (Å²) >= 11 is 11.0. The van der Waals surface area contributed by atoms with Crippen molar-refractivity contribution in [3.05, 3.63) is 50.4 Å². The molecule has 1 aromatic heterocycles. The Kier molecular flexibility index (Phi) is 4.35. The van der Waals surface area contributed by atoms with Crippen molar-refractivity contribution < 1.29 is 0 Å². The van der Waals surface area contributed by atoms with Gasteiger partial charge in [0.1, 0.15) is 0 Å². The van der Waals surface area contributed by atoms with Gasteiger partial charge in [0.05, 0.1) is 15.5 Å². The molecule has 0 aliphatic rings. The molecule has 0 bridgehead atoms. The molecule has 0 aliphatic carbocycles. The van der Waals surface area contributed by atoms with Crippen molar-refractivity contribution in [2.75, 3.05) is 0 Å². The van der Waals surface area contributed by atoms with Gasteiger partial charge in [-0.25, -0.2) is 0 Å². The molecular formula is C11H10BrClN2S. The lowest BCUT2D eigenvalue weighted by molar-refractivity contribution is 0.699. The molecule has 2 aromatic rings. The highest BCUT2D eigenvalue weighted by Crippen LogP contribution is 2.20. The van der Waals surface area contributed by atoms with Crippen LogP contribution in [0.1, 0.15) is 10.4 Å². The van der Waals surface area contributed by atoms with Crippen LogP contribution in [0.2, 0.25) is 5.02 Å². The molecular weight excluding hydrogens is 308 g/mol. The second kappa shape index (κ2) is 5.77. The van der Waals surface area contributed by atoms with Crippen LogP contribution < -0.4 is 5.32 Å². The minimum Gasteiger partial charge on any atom is -0.308 e. The van der Waals surface area contributed by atoms with Crippen LogP contribution in [0.3, 0.4) is 0 Å². The summed E-state index contributed by atoms with van der Waals surface area (Å²) in [5.74, 6) is 0. The van der Waals surface area contributed by atoms with Gasteiger partial charge in [0.2, 0.25) is 0 Å². The molecule has 2 rings (SSSR count). The quantitative estimate of drug-likeness (QED) is 0.926. The molecule has 0 fully saturated rings. The summed E-state index contributed by atoms with van der Waals surface area (Å²) in [6, 6.07) is 7.86. The van der Waals surface area contributed by atoms with Gasteiger partial charge in [-0.3, -0.25) is 0 Å². The largest absolute Gasteiger partial charge is 0.308 e. The van der Waals surface area contributed by atoms with Crippen LogP contribution in [-0.2, 0) is 13.1 Å². The topological polar surface area (TPSA) is 24.9 Å². The van der Waals surface area contributed by atoms with Gasteiger partial charge in [-0.05, 0) is 39.1 Å². The first-order valence-corrected chi connectivity index (χ1v) is 6.75. The second-order valence-corrected chi connectivity index (χ2v) is 5.44. The van der Waals surface area contributed by atoms with Crippen molar-refractivity contribution in [3.8, 4) is 0 Å². The number of halogens is 2. The minimum atomic E-state index is 0.768. The number of rotatable bonds is 4. The Hall–Kier alpha value is -0.420. The summed E-state index contributed by atoms with van der Waals surface area (Å²) in [4.78, 5) is 1.20. The third-order valence-electron chi connectivity index (χ3n) is 2.15. The Labute approximate surface area is 112 Å². The van der Waals surface area contributed by atoms with E-state index in [0.29, 0.717) is 0 Å². The van der Waals surface area contributed by atoms with E-state index in [1.807, 2.05) is 30.5 Å². The molecule has 16 heavy (non-hydrogen) atoms. The van der Waals surface area contributed by atoms with E-state index >= 15 is 0 Å². The first-order chi connectivity index (χ1) is 7.77. The zero-order chi connectivity index (χ0) is 11.4. The smallest absolute Gasteiger partial charge is 0.0552 e. The van der Waals surface area contributed by atoms with Gasteiger partial charge < -0.3 is 5.32 Å². The lowest BCUT2D eigenvalue weighted by Crippen LogP contribution is -2.12. The Morgan fingerprint density at radius 2 is 2.12 bits per heavy atom. The lowest BCUT2D eigenvalue weighted by Gasteiger charge is -2.05. The summed E-state index contributed by atoms with van der Waals surface area (Å²) in [6.45, 7) is 1.57. The lowest BCUT2D eigenvalue weighted by atomic mass is 10.2. The predicted octanol–water partition coefficient (Wildman–Crippen LogP) is 3.85. The summed E-state index contributed by atoms with van der Waals surface area (Å²) in [7, 11) is 0. The zero-order valence-electron chi connectivity index (χ0n) is 8.41. The van der Waals surface area contributed by atoms with Crippen LogP contribution >= 0.6 is 39.1 Å². The van der Waals surface area contributed by atoms with E-state index < -0.39 is 0 Å². The first kappa shape index (κ1) is 12.0. The number of hydrogen-bond donors (Lipinski definition) is 1. The van der Waals surface area contributed by atoms with Gasteiger partial charge in [0.25, 0.3) is 0 Å². The first-order valence-electron chi connectivity index (χ1n) is 4.80. The van der Waals surface area contributed by atoms with Crippen molar-refractivity contribution >= 4 is 39.1 Å². The second-order valence-electron chi connectivity index (χ2n) is 3.29. The molecule has 0 saturated heterocycles. The maximum absolute atomic E-state index is 6.06. The highest BCUT2D eigenvalue weighted by atomic mass is 79.9. The Morgan fingerprint density at radius 3 is 2.81 bits per heavy atom. The highest BCUT2D eigenvalue weighted by molar-refractivity contribution is 9.10. The van der Waals surface area contributed by atoms with Gasteiger partial charge in [-0.1, -0.05) is 29.8 Å². The van der Waals surface area contributed by atoms with Gasteiger partial charge in [0.15, 0.2) is 0 Å². The maximum Gasteiger partial charge on any atom is 0.0552 e. The normalized spacial score (nSPS) is 10.6. The van der Waals surface area contributed by atoms with Crippen LogP contribution in [0.25, 0.3) is 0 Å². The van der Waals surface area contributed by atoms with E-state index in [4.69, 9.17) is 11.6 Å². The number of hydrogen-bond acceptors (Lipinski definition) is 3. The molecule has 2 nitrogen and oxygen atoms in total. The number of nitrogens with zero attached hydrogens (tertiary/aromatic N) is 1. The fourth-order valence-corrected chi connectivity index (χ4v) is 2.71. The Balaban J connectivity index is 1.89. The number of aromatic nitrogens is 1. The van der Waals surface area contributed by atoms with Crippen molar-refractivity contribution in [2.45, 2.75) is 13.1 Å². The maximum atomic E-state index is 6.06. The van der Waals surface area contributed by atoms with E-state index in [9.17, 15) is 0 Å². The molecule has 1 aromatic carbocycles. The molecule has 0 amide bonds. The third kappa shape index (κ3) is 3.04. The molecule has 0 atom stereocenters. The van der Waals surface area contributed by atoms with E-state index in [1.54, 1.807) is 0 Å². The molecule has 0 radical (unpaired) electrons. The van der Waals surface area contributed by atoms with Gasteiger partial charge >= 0.3 is 0 Å². The monoisotopic (exact) mass is 316 g/mol. The summed E-state index contributed by atoms with van der Waals surface area (Å²) in [6.07, 6.45) is 1.82. The number of benzene rings is 1. The van der Waals surface area contributed by atoms with Crippen LogP contribution in [0, 0.1) is 0 Å². The fraction of sp³-hybridized carbons (Fsp3) is 0.182. The van der Waals surface area contributed by atoms with Crippen LogP contribution in [0.5, 0.6) is 0 Å². The van der Waals surface area contributed by atoms with Crippen molar-refractivity contribution in [2.24, 2.45) is 0 Å². The summed E-state index contributed by atoms with van der Waals surface area (Å²) < 4.78 is 5.15. The zero-order valence-corrected chi connectivity index (χ0v) is 11.6. The van der Waals surface area contributed by atoms with Crippen LogP contribution in [0.15, 0.2) is 34.9 Å². The summed E-state index contributed by atoms with van der Waals surface area (Å²) in [5, 5.41) is 4.15. The number of nitrogens with one attached hydrogen (secondary N) is 1. The molecule has 0 spiro atoms. The SMILES string of the molecule is Clc1ccccc1CNCc1sncc1Br. The van der Waals surface area contributed by atoms with Crippen molar-refractivity contribution in [1.29, 1.82) is 0 Å². The highest BCUT2D eigenvalue weighted by Gasteiger charge is 2.03. The van der Waals surface area contributed by atoms with E-state index in [2.05, 4.69) is 25.6 Å². The average molecular weight is 318 g/mol. The minimum absolute atomic E-state index is 0.768. The molecule has 1 heterocycles. The molecule has 5 heteroatoms. The molecule has 0 aliphatic heterocycles. The molecule has 0 saturated carbocycles. The van der Waals surface area contributed by atoms with Crippen LogP contribution in [-0.4, -0.2) is 4.37 Å². The van der Waals surface area contributed by atoms with Crippen molar-refractivity contribution in [3.63, 3.8) is 0 Å². The Morgan fingerprint density at radius 1 is 1.31 bits per heavy atom. The van der Waals surface area contributed by atoms with Gasteiger partial charge in [0, 0.05) is 18.1 Å². The molecule has 84 valence electrons. The van der Waals surface area contributed by atoms with E-state index in [0.717, 1.165) is 28.1 Å². The third-order valence-corrected chi connectivity index (χ3v) is 4.26. The van der Waals surface area contributed by atoms with E-state index in [1.165, 1.54) is 16.4 Å². The van der Waals surface area contributed by atoms with E-state index in [-0.39, 0.29) is 0 Å². The van der Waals surface area contributed by atoms with Gasteiger partial charge in [-0.15, -0.1) is 0 Å². The molecule has 0 unspecified atom stereocenters. The average Bonchev–Trinajstić information content (AvgIpc) is 2.67. The standard InChI is InChI=1S/C11H10BrClN2S/c12-9-6-15-16-11(9)7-14-5-8-3-1-2-4-10(8)13/h1-4,6,14H,5,7H2. The Bertz CT molecular complexity index is 473. The van der Waals surface area contributed by atoms with Crippen molar-refractivity contribution in [1.82, 2.24) is 9.69 Å².